The highest BCUT2D eigenvalue weighted by atomic mass is 79.9. The van der Waals surface area contributed by atoms with Gasteiger partial charge >= 0.3 is 0 Å². The summed E-state index contributed by atoms with van der Waals surface area (Å²) in [7, 11) is 6.01. The molecule has 1 aliphatic heterocycles. The van der Waals surface area contributed by atoms with E-state index in [-0.39, 0.29) is 0 Å². The number of para-hydroxylation sites is 1. The third-order valence-corrected chi connectivity index (χ3v) is 5.60. The fourth-order valence-corrected chi connectivity index (χ4v) is 4.04. The van der Waals surface area contributed by atoms with E-state index in [2.05, 4.69) is 104 Å². The highest BCUT2D eigenvalue weighted by Crippen LogP contribution is 2.28. The predicted octanol–water partition coefficient (Wildman–Crippen LogP) is 3.45. The molecule has 6 heteroatoms. The van der Waals surface area contributed by atoms with Crippen LogP contribution in [0.15, 0.2) is 58.0 Å². The van der Waals surface area contributed by atoms with Gasteiger partial charge in [-0.3, -0.25) is 4.99 Å². The number of rotatable bonds is 6. The minimum atomic E-state index is 0.390. The SMILES string of the molecule is CN=C(NCc1ccc(CN(C)C)cc1)NC1CCN(c2ccccc2Br)C1. The van der Waals surface area contributed by atoms with E-state index in [0.29, 0.717) is 6.04 Å². The van der Waals surface area contributed by atoms with Gasteiger partial charge in [-0.2, -0.15) is 0 Å². The molecule has 0 radical (unpaired) electrons. The van der Waals surface area contributed by atoms with E-state index in [4.69, 9.17) is 0 Å². The molecule has 28 heavy (non-hydrogen) atoms. The maximum Gasteiger partial charge on any atom is 0.191 e. The molecular weight excluding hydrogens is 414 g/mol. The van der Waals surface area contributed by atoms with Crippen LogP contribution in [0.4, 0.5) is 5.69 Å². The van der Waals surface area contributed by atoms with E-state index in [9.17, 15) is 0 Å². The highest BCUT2D eigenvalue weighted by Gasteiger charge is 2.24. The molecule has 0 spiro atoms. The zero-order valence-electron chi connectivity index (χ0n) is 17.0. The molecule has 1 fully saturated rings. The Hall–Kier alpha value is -2.05. The summed E-state index contributed by atoms with van der Waals surface area (Å²) in [4.78, 5) is 8.99. The Morgan fingerprint density at radius 2 is 1.86 bits per heavy atom. The zero-order chi connectivity index (χ0) is 19.9. The lowest BCUT2D eigenvalue weighted by atomic mass is 10.1. The van der Waals surface area contributed by atoms with Crippen molar-refractivity contribution in [1.82, 2.24) is 15.5 Å². The Bertz CT molecular complexity index is 788. The number of nitrogens with one attached hydrogen (secondary N) is 2. The summed E-state index contributed by atoms with van der Waals surface area (Å²) in [5, 5.41) is 7.01. The molecular formula is C22H30BrN5. The van der Waals surface area contributed by atoms with Crippen LogP contribution in [0, 0.1) is 0 Å². The van der Waals surface area contributed by atoms with Crippen molar-refractivity contribution in [3.05, 3.63) is 64.1 Å². The van der Waals surface area contributed by atoms with Crippen molar-refractivity contribution in [2.75, 3.05) is 39.1 Å². The predicted molar refractivity (Wildman–Crippen MR) is 122 cm³/mol. The molecule has 150 valence electrons. The molecule has 1 unspecified atom stereocenters. The minimum absolute atomic E-state index is 0.390. The van der Waals surface area contributed by atoms with Gasteiger partial charge < -0.3 is 20.4 Å². The Morgan fingerprint density at radius 3 is 2.54 bits per heavy atom. The standard InChI is InChI=1S/C22H30BrN5/c1-24-22(25-14-17-8-10-18(11-9-17)15-27(2)3)26-19-12-13-28(16-19)21-7-5-4-6-20(21)23/h4-11,19H,12-16H2,1-3H3,(H2,24,25,26). The van der Waals surface area contributed by atoms with Gasteiger partial charge in [-0.05, 0) is 59.7 Å². The minimum Gasteiger partial charge on any atom is -0.368 e. The number of anilines is 1. The number of guanidine groups is 1. The number of benzene rings is 2. The zero-order valence-corrected chi connectivity index (χ0v) is 18.5. The van der Waals surface area contributed by atoms with Crippen molar-refractivity contribution in [2.45, 2.75) is 25.6 Å². The van der Waals surface area contributed by atoms with Gasteiger partial charge in [0.15, 0.2) is 5.96 Å². The van der Waals surface area contributed by atoms with Crippen molar-refractivity contribution >= 4 is 27.6 Å². The molecule has 1 atom stereocenters. The van der Waals surface area contributed by atoms with Gasteiger partial charge in [0.1, 0.15) is 0 Å². The molecule has 1 aliphatic rings. The van der Waals surface area contributed by atoms with Crippen LogP contribution >= 0.6 is 15.9 Å². The summed E-state index contributed by atoms with van der Waals surface area (Å²) < 4.78 is 1.15. The Kier molecular flexibility index (Phi) is 7.34. The molecule has 1 saturated heterocycles. The van der Waals surface area contributed by atoms with Gasteiger partial charge in [0, 0.05) is 43.7 Å². The monoisotopic (exact) mass is 443 g/mol. The van der Waals surface area contributed by atoms with Crippen LogP contribution in [0.2, 0.25) is 0 Å². The van der Waals surface area contributed by atoms with Gasteiger partial charge in [-0.15, -0.1) is 0 Å². The number of hydrogen-bond donors (Lipinski definition) is 2. The van der Waals surface area contributed by atoms with Crippen LogP contribution in [0.25, 0.3) is 0 Å². The maximum atomic E-state index is 4.40. The van der Waals surface area contributed by atoms with Crippen molar-refractivity contribution in [2.24, 2.45) is 4.99 Å². The fourth-order valence-electron chi connectivity index (χ4n) is 3.51. The van der Waals surface area contributed by atoms with E-state index in [1.807, 2.05) is 7.05 Å². The molecule has 2 aromatic rings. The van der Waals surface area contributed by atoms with Crippen molar-refractivity contribution < 1.29 is 0 Å². The number of halogens is 1. The van der Waals surface area contributed by atoms with Crippen LogP contribution in [0.1, 0.15) is 17.5 Å². The van der Waals surface area contributed by atoms with E-state index in [1.54, 1.807) is 0 Å². The molecule has 5 nitrogen and oxygen atoms in total. The van der Waals surface area contributed by atoms with Gasteiger partial charge in [-0.1, -0.05) is 36.4 Å². The van der Waals surface area contributed by atoms with Crippen molar-refractivity contribution in [1.29, 1.82) is 0 Å². The van der Waals surface area contributed by atoms with Crippen LogP contribution in [0.5, 0.6) is 0 Å². The molecule has 0 amide bonds. The second-order valence-electron chi connectivity index (χ2n) is 7.51. The first-order chi connectivity index (χ1) is 13.5. The van der Waals surface area contributed by atoms with Crippen LogP contribution in [-0.2, 0) is 13.1 Å². The maximum absolute atomic E-state index is 4.40. The molecule has 3 rings (SSSR count). The lowest BCUT2D eigenvalue weighted by molar-refractivity contribution is 0.402. The Labute approximate surface area is 177 Å². The largest absolute Gasteiger partial charge is 0.368 e. The van der Waals surface area contributed by atoms with Gasteiger partial charge in [0.25, 0.3) is 0 Å². The first-order valence-electron chi connectivity index (χ1n) is 9.74. The van der Waals surface area contributed by atoms with Gasteiger partial charge in [0.05, 0.1) is 5.69 Å². The third kappa shape index (κ3) is 5.72. The Balaban J connectivity index is 1.49. The molecule has 0 aromatic heterocycles. The number of hydrogen-bond acceptors (Lipinski definition) is 3. The molecule has 0 bridgehead atoms. The average molecular weight is 444 g/mol. The smallest absolute Gasteiger partial charge is 0.191 e. The topological polar surface area (TPSA) is 42.9 Å². The third-order valence-electron chi connectivity index (χ3n) is 4.93. The van der Waals surface area contributed by atoms with Crippen LogP contribution in [0.3, 0.4) is 0 Å². The normalized spacial score (nSPS) is 17.2. The van der Waals surface area contributed by atoms with Gasteiger partial charge in [0.2, 0.25) is 0 Å². The summed E-state index contributed by atoms with van der Waals surface area (Å²) in [6, 6.07) is 17.6. The van der Waals surface area contributed by atoms with Crippen molar-refractivity contribution in [3.63, 3.8) is 0 Å². The molecule has 1 heterocycles. The summed E-state index contributed by atoms with van der Waals surface area (Å²) in [5.41, 5.74) is 3.84. The van der Waals surface area contributed by atoms with Crippen LogP contribution in [-0.4, -0.2) is 51.1 Å². The van der Waals surface area contributed by atoms with E-state index in [0.717, 1.165) is 43.0 Å². The molecule has 2 aromatic carbocycles. The summed E-state index contributed by atoms with van der Waals surface area (Å²) in [6.07, 6.45) is 1.10. The summed E-state index contributed by atoms with van der Waals surface area (Å²) in [5.74, 6) is 0.858. The first-order valence-corrected chi connectivity index (χ1v) is 10.5. The summed E-state index contributed by atoms with van der Waals surface area (Å²) in [6.45, 7) is 3.75. The first kappa shape index (κ1) is 20.7. The summed E-state index contributed by atoms with van der Waals surface area (Å²) >= 11 is 3.66. The highest BCUT2D eigenvalue weighted by molar-refractivity contribution is 9.10. The fraction of sp³-hybridized carbons (Fsp3) is 0.409. The lowest BCUT2D eigenvalue weighted by Gasteiger charge is -2.21. The second kappa shape index (κ2) is 9.94. The van der Waals surface area contributed by atoms with Crippen LogP contribution < -0.4 is 15.5 Å². The average Bonchev–Trinajstić information content (AvgIpc) is 3.14. The quantitative estimate of drug-likeness (QED) is 0.529. The molecule has 2 N–H and O–H groups in total. The Morgan fingerprint density at radius 1 is 1.14 bits per heavy atom. The van der Waals surface area contributed by atoms with E-state index < -0.39 is 0 Å². The number of nitrogens with zero attached hydrogens (tertiary/aromatic N) is 3. The van der Waals surface area contributed by atoms with E-state index in [1.165, 1.54) is 16.8 Å². The van der Waals surface area contributed by atoms with Gasteiger partial charge in [-0.25, -0.2) is 0 Å². The lowest BCUT2D eigenvalue weighted by Crippen LogP contribution is -2.44. The second-order valence-corrected chi connectivity index (χ2v) is 8.36. The van der Waals surface area contributed by atoms with E-state index >= 15 is 0 Å². The molecule has 0 aliphatic carbocycles. The molecule has 0 saturated carbocycles. The number of aliphatic imine (C=N–C) groups is 1. The van der Waals surface area contributed by atoms with Crippen molar-refractivity contribution in [3.8, 4) is 0 Å².